The van der Waals surface area contributed by atoms with Crippen LogP contribution in [0.5, 0.6) is 0 Å². The van der Waals surface area contributed by atoms with Crippen LogP contribution in [0, 0.1) is 0 Å². The van der Waals surface area contributed by atoms with Gasteiger partial charge in [-0.25, -0.2) is 0 Å². The molecule has 110 valence electrons. The highest BCUT2D eigenvalue weighted by Crippen LogP contribution is 2.10. The first-order chi connectivity index (χ1) is 9.74. The molecule has 3 nitrogen and oxygen atoms in total. The Kier molecular flexibility index (Phi) is 6.22. The second kappa shape index (κ2) is 8.18. The number of allylic oxidation sites excluding steroid dienone is 1. The molecule has 0 radical (unpaired) electrons. The summed E-state index contributed by atoms with van der Waals surface area (Å²) in [6.45, 7) is 8.92. The van der Waals surface area contributed by atoms with Crippen LogP contribution in [0.15, 0.2) is 36.0 Å². The highest BCUT2D eigenvalue weighted by Gasteiger charge is 2.17. The van der Waals surface area contributed by atoms with Crippen molar-refractivity contribution in [2.45, 2.75) is 39.2 Å². The van der Waals surface area contributed by atoms with E-state index in [1.54, 1.807) is 0 Å². The first-order valence-corrected chi connectivity index (χ1v) is 7.73. The Morgan fingerprint density at radius 3 is 2.80 bits per heavy atom. The SMILES string of the molecule is CC(C)=CCN1CCC(NCCc2ccccn2)CC1. The largest absolute Gasteiger partial charge is 0.313 e. The van der Waals surface area contributed by atoms with Gasteiger partial charge < -0.3 is 5.32 Å². The van der Waals surface area contributed by atoms with Gasteiger partial charge in [-0.1, -0.05) is 17.7 Å². The van der Waals surface area contributed by atoms with E-state index in [9.17, 15) is 0 Å². The summed E-state index contributed by atoms with van der Waals surface area (Å²) in [6.07, 6.45) is 7.75. The minimum absolute atomic E-state index is 0.682. The lowest BCUT2D eigenvalue weighted by atomic mass is 10.0. The van der Waals surface area contributed by atoms with Crippen LogP contribution in [0.3, 0.4) is 0 Å². The minimum atomic E-state index is 0.682. The Balaban J connectivity index is 1.61. The molecule has 0 amide bonds. The average molecular weight is 273 g/mol. The fourth-order valence-corrected chi connectivity index (χ4v) is 2.58. The maximum absolute atomic E-state index is 4.36. The van der Waals surface area contributed by atoms with Gasteiger partial charge in [0, 0.05) is 37.4 Å². The van der Waals surface area contributed by atoms with E-state index in [-0.39, 0.29) is 0 Å². The summed E-state index contributed by atoms with van der Waals surface area (Å²) >= 11 is 0. The van der Waals surface area contributed by atoms with E-state index in [0.717, 1.165) is 19.5 Å². The third-order valence-corrected chi connectivity index (χ3v) is 3.89. The van der Waals surface area contributed by atoms with Crippen molar-refractivity contribution in [1.29, 1.82) is 0 Å². The van der Waals surface area contributed by atoms with Gasteiger partial charge in [0.25, 0.3) is 0 Å². The van der Waals surface area contributed by atoms with Crippen LogP contribution in [0.4, 0.5) is 0 Å². The number of likely N-dealkylation sites (tertiary alicyclic amines) is 1. The minimum Gasteiger partial charge on any atom is -0.313 e. The summed E-state index contributed by atoms with van der Waals surface area (Å²) in [5.74, 6) is 0. The quantitative estimate of drug-likeness (QED) is 0.808. The van der Waals surface area contributed by atoms with Crippen molar-refractivity contribution in [2.75, 3.05) is 26.2 Å². The zero-order valence-corrected chi connectivity index (χ0v) is 12.8. The smallest absolute Gasteiger partial charge is 0.0416 e. The van der Waals surface area contributed by atoms with Crippen LogP contribution in [0.1, 0.15) is 32.4 Å². The van der Waals surface area contributed by atoms with E-state index in [4.69, 9.17) is 0 Å². The maximum atomic E-state index is 4.36. The molecule has 1 N–H and O–H groups in total. The third kappa shape index (κ3) is 5.43. The summed E-state index contributed by atoms with van der Waals surface area (Å²) in [5, 5.41) is 3.67. The van der Waals surface area contributed by atoms with E-state index in [1.807, 2.05) is 12.3 Å². The molecule has 0 aromatic carbocycles. The molecule has 0 saturated carbocycles. The number of aromatic nitrogens is 1. The van der Waals surface area contributed by atoms with E-state index >= 15 is 0 Å². The molecule has 0 aliphatic carbocycles. The molecular formula is C17H27N3. The first-order valence-electron chi connectivity index (χ1n) is 7.73. The van der Waals surface area contributed by atoms with E-state index < -0.39 is 0 Å². The van der Waals surface area contributed by atoms with Crippen molar-refractivity contribution < 1.29 is 0 Å². The van der Waals surface area contributed by atoms with Crippen LogP contribution in [0.25, 0.3) is 0 Å². The lowest BCUT2D eigenvalue weighted by Gasteiger charge is -2.31. The van der Waals surface area contributed by atoms with Gasteiger partial charge in [0.1, 0.15) is 0 Å². The van der Waals surface area contributed by atoms with Crippen molar-refractivity contribution in [2.24, 2.45) is 0 Å². The molecule has 0 atom stereocenters. The van der Waals surface area contributed by atoms with Gasteiger partial charge >= 0.3 is 0 Å². The Morgan fingerprint density at radius 2 is 2.15 bits per heavy atom. The van der Waals surface area contributed by atoms with Crippen LogP contribution >= 0.6 is 0 Å². The number of rotatable bonds is 6. The monoisotopic (exact) mass is 273 g/mol. The highest BCUT2D eigenvalue weighted by molar-refractivity contribution is 5.03. The Hall–Kier alpha value is -1.19. The van der Waals surface area contributed by atoms with Crippen molar-refractivity contribution in [3.05, 3.63) is 41.7 Å². The summed E-state index contributed by atoms with van der Waals surface area (Å²) in [7, 11) is 0. The van der Waals surface area contributed by atoms with Gasteiger partial charge in [-0.3, -0.25) is 9.88 Å². The number of piperidine rings is 1. The summed E-state index contributed by atoms with van der Waals surface area (Å²) in [6, 6.07) is 6.81. The highest BCUT2D eigenvalue weighted by atomic mass is 15.1. The van der Waals surface area contributed by atoms with E-state index in [0.29, 0.717) is 6.04 Å². The predicted molar refractivity (Wildman–Crippen MR) is 84.8 cm³/mol. The molecule has 1 saturated heterocycles. The van der Waals surface area contributed by atoms with Gasteiger partial charge in [-0.2, -0.15) is 0 Å². The van der Waals surface area contributed by atoms with Crippen LogP contribution in [-0.4, -0.2) is 42.1 Å². The van der Waals surface area contributed by atoms with Gasteiger partial charge in [-0.05, 0) is 51.9 Å². The van der Waals surface area contributed by atoms with Gasteiger partial charge in [0.2, 0.25) is 0 Å². The van der Waals surface area contributed by atoms with Crippen molar-refractivity contribution in [3.8, 4) is 0 Å². The summed E-state index contributed by atoms with van der Waals surface area (Å²) < 4.78 is 0. The van der Waals surface area contributed by atoms with Crippen LogP contribution in [0.2, 0.25) is 0 Å². The molecule has 0 spiro atoms. The van der Waals surface area contributed by atoms with Crippen molar-refractivity contribution in [3.63, 3.8) is 0 Å². The zero-order chi connectivity index (χ0) is 14.2. The molecule has 1 fully saturated rings. The summed E-state index contributed by atoms with van der Waals surface area (Å²) in [5.41, 5.74) is 2.60. The molecule has 2 heterocycles. The molecule has 0 bridgehead atoms. The lowest BCUT2D eigenvalue weighted by molar-refractivity contribution is 0.215. The fraction of sp³-hybridized carbons (Fsp3) is 0.588. The zero-order valence-electron chi connectivity index (χ0n) is 12.8. The number of pyridine rings is 1. The van der Waals surface area contributed by atoms with E-state index in [2.05, 4.69) is 47.3 Å². The Bertz CT molecular complexity index is 402. The van der Waals surface area contributed by atoms with Crippen LogP contribution < -0.4 is 5.32 Å². The molecule has 20 heavy (non-hydrogen) atoms. The number of hydrogen-bond donors (Lipinski definition) is 1. The van der Waals surface area contributed by atoms with Gasteiger partial charge in [0.15, 0.2) is 0 Å². The molecule has 1 aliphatic heterocycles. The molecule has 1 aliphatic rings. The summed E-state index contributed by atoms with van der Waals surface area (Å²) in [4.78, 5) is 6.91. The third-order valence-electron chi connectivity index (χ3n) is 3.89. The predicted octanol–water partition coefficient (Wildman–Crippen LogP) is 2.64. The van der Waals surface area contributed by atoms with Gasteiger partial charge in [0.05, 0.1) is 0 Å². The van der Waals surface area contributed by atoms with Crippen molar-refractivity contribution in [1.82, 2.24) is 15.2 Å². The van der Waals surface area contributed by atoms with Crippen LogP contribution in [-0.2, 0) is 6.42 Å². The van der Waals surface area contributed by atoms with Crippen molar-refractivity contribution >= 4 is 0 Å². The van der Waals surface area contributed by atoms with Gasteiger partial charge in [-0.15, -0.1) is 0 Å². The number of nitrogens with zero attached hydrogens (tertiary/aromatic N) is 2. The topological polar surface area (TPSA) is 28.2 Å². The first kappa shape index (κ1) is 15.2. The molecule has 1 aromatic rings. The Labute approximate surface area is 123 Å². The normalized spacial score (nSPS) is 17.1. The Morgan fingerprint density at radius 1 is 1.35 bits per heavy atom. The molecule has 0 unspecified atom stereocenters. The number of nitrogens with one attached hydrogen (secondary N) is 1. The fourth-order valence-electron chi connectivity index (χ4n) is 2.58. The molecular weight excluding hydrogens is 246 g/mol. The second-order valence-electron chi connectivity index (χ2n) is 5.88. The van der Waals surface area contributed by atoms with E-state index in [1.165, 1.54) is 37.2 Å². The standard InChI is InChI=1S/C17H27N3/c1-15(2)7-12-20-13-8-17(9-14-20)19-11-6-16-5-3-4-10-18-16/h3-5,7,10,17,19H,6,8-9,11-14H2,1-2H3. The maximum Gasteiger partial charge on any atom is 0.0416 e. The molecule has 1 aromatic heterocycles. The number of hydrogen-bond acceptors (Lipinski definition) is 3. The lowest BCUT2D eigenvalue weighted by Crippen LogP contribution is -2.43. The molecule has 3 heteroatoms. The average Bonchev–Trinajstić information content (AvgIpc) is 2.47. The second-order valence-corrected chi connectivity index (χ2v) is 5.88. The molecule has 2 rings (SSSR count).